The van der Waals surface area contributed by atoms with E-state index in [1.807, 2.05) is 30.3 Å². The highest BCUT2D eigenvalue weighted by Crippen LogP contribution is 2.34. The molecule has 1 aliphatic rings. The van der Waals surface area contributed by atoms with Crippen molar-refractivity contribution >= 4 is 5.91 Å². The molecule has 0 saturated carbocycles. The number of amides is 1. The van der Waals surface area contributed by atoms with Crippen LogP contribution in [0.4, 0.5) is 0 Å². The summed E-state index contributed by atoms with van der Waals surface area (Å²) in [6, 6.07) is 16.3. The molecule has 1 amide bonds. The van der Waals surface area contributed by atoms with Gasteiger partial charge in [-0.05, 0) is 24.1 Å². The van der Waals surface area contributed by atoms with Crippen molar-refractivity contribution in [2.75, 3.05) is 13.3 Å². The number of nitrogens with zero attached hydrogens (tertiary/aromatic N) is 1. The molecule has 0 radical (unpaired) electrons. The molecular formula is C20H18N2O5. The van der Waals surface area contributed by atoms with Gasteiger partial charge in [-0.15, -0.1) is 0 Å². The van der Waals surface area contributed by atoms with Gasteiger partial charge in [0, 0.05) is 18.2 Å². The maximum Gasteiger partial charge on any atom is 0.273 e. The molecule has 0 bridgehead atoms. The van der Waals surface area contributed by atoms with Crippen LogP contribution in [0.1, 0.15) is 28.6 Å². The van der Waals surface area contributed by atoms with E-state index in [0.717, 1.165) is 5.56 Å². The zero-order chi connectivity index (χ0) is 18.6. The van der Waals surface area contributed by atoms with Gasteiger partial charge in [0.05, 0.1) is 6.10 Å². The van der Waals surface area contributed by atoms with E-state index >= 15 is 0 Å². The van der Waals surface area contributed by atoms with Crippen molar-refractivity contribution in [3.05, 3.63) is 65.9 Å². The highest BCUT2D eigenvalue weighted by Gasteiger charge is 2.17. The van der Waals surface area contributed by atoms with Gasteiger partial charge in [-0.2, -0.15) is 0 Å². The number of nitrogens with one attached hydrogen (secondary N) is 1. The Bertz CT molecular complexity index is 939. The Labute approximate surface area is 155 Å². The monoisotopic (exact) mass is 366 g/mol. The number of aliphatic hydroxyl groups is 1. The highest BCUT2D eigenvalue weighted by molar-refractivity contribution is 5.93. The number of aromatic nitrogens is 1. The normalized spacial score (nSPS) is 13.4. The van der Waals surface area contributed by atoms with Crippen molar-refractivity contribution in [3.8, 4) is 22.8 Å². The second-order valence-electron chi connectivity index (χ2n) is 6.12. The van der Waals surface area contributed by atoms with Crippen molar-refractivity contribution in [2.24, 2.45) is 0 Å². The first-order valence-electron chi connectivity index (χ1n) is 8.58. The van der Waals surface area contributed by atoms with Crippen LogP contribution < -0.4 is 14.8 Å². The van der Waals surface area contributed by atoms with Crippen LogP contribution in [0.2, 0.25) is 0 Å². The lowest BCUT2D eigenvalue weighted by atomic mass is 10.1. The largest absolute Gasteiger partial charge is 0.454 e. The Morgan fingerprint density at radius 3 is 2.78 bits per heavy atom. The van der Waals surface area contributed by atoms with Gasteiger partial charge in [-0.25, -0.2) is 0 Å². The molecule has 138 valence electrons. The first-order valence-corrected chi connectivity index (χ1v) is 8.58. The summed E-state index contributed by atoms with van der Waals surface area (Å²) in [6.07, 6.45) is -0.369. The SMILES string of the molecule is O=C(NCC[C@@H](O)c1ccc2c(c1)OCO2)c1cc(-c2ccccc2)on1. The van der Waals surface area contributed by atoms with Gasteiger partial charge in [0.15, 0.2) is 23.0 Å². The van der Waals surface area contributed by atoms with Crippen molar-refractivity contribution in [1.29, 1.82) is 0 Å². The first kappa shape index (κ1) is 17.1. The average Bonchev–Trinajstić information content (AvgIpc) is 3.37. The van der Waals surface area contributed by atoms with Gasteiger partial charge < -0.3 is 24.4 Å². The average molecular weight is 366 g/mol. The molecule has 1 atom stereocenters. The minimum atomic E-state index is -0.725. The fourth-order valence-corrected chi connectivity index (χ4v) is 2.82. The summed E-state index contributed by atoms with van der Waals surface area (Å²) in [6.45, 7) is 0.482. The molecule has 0 saturated heterocycles. The summed E-state index contributed by atoms with van der Waals surface area (Å²) in [4.78, 5) is 12.2. The Balaban J connectivity index is 1.31. The lowest BCUT2D eigenvalue weighted by Crippen LogP contribution is -2.25. The first-order chi connectivity index (χ1) is 13.2. The number of aliphatic hydroxyl groups excluding tert-OH is 1. The predicted octanol–water partition coefficient (Wildman–Crippen LogP) is 2.92. The van der Waals surface area contributed by atoms with Crippen LogP contribution in [0.25, 0.3) is 11.3 Å². The Hall–Kier alpha value is -3.32. The van der Waals surface area contributed by atoms with Gasteiger partial charge in [-0.1, -0.05) is 41.6 Å². The molecule has 2 heterocycles. The Morgan fingerprint density at radius 2 is 1.93 bits per heavy atom. The molecule has 1 aromatic heterocycles. The minimum Gasteiger partial charge on any atom is -0.454 e. The summed E-state index contributed by atoms with van der Waals surface area (Å²) < 4.78 is 15.8. The van der Waals surface area contributed by atoms with E-state index in [1.54, 1.807) is 24.3 Å². The minimum absolute atomic E-state index is 0.188. The van der Waals surface area contributed by atoms with Crippen molar-refractivity contribution in [1.82, 2.24) is 10.5 Å². The second kappa shape index (κ2) is 7.51. The molecule has 0 fully saturated rings. The third kappa shape index (κ3) is 3.78. The number of ether oxygens (including phenoxy) is 2. The third-order valence-corrected chi connectivity index (χ3v) is 4.29. The number of carbonyl (C=O) groups is 1. The zero-order valence-electron chi connectivity index (χ0n) is 14.4. The molecule has 1 aliphatic heterocycles. The molecular weight excluding hydrogens is 348 g/mol. The molecule has 3 aromatic rings. The lowest BCUT2D eigenvalue weighted by molar-refractivity contribution is 0.0933. The molecule has 7 heteroatoms. The van der Waals surface area contributed by atoms with Crippen molar-refractivity contribution in [3.63, 3.8) is 0 Å². The summed E-state index contributed by atoms with van der Waals surface area (Å²) >= 11 is 0. The molecule has 2 N–H and O–H groups in total. The second-order valence-corrected chi connectivity index (χ2v) is 6.12. The van der Waals surface area contributed by atoms with Gasteiger partial charge in [0.25, 0.3) is 5.91 Å². The highest BCUT2D eigenvalue weighted by atomic mass is 16.7. The molecule has 7 nitrogen and oxygen atoms in total. The topological polar surface area (TPSA) is 93.8 Å². The number of benzene rings is 2. The van der Waals surface area contributed by atoms with Gasteiger partial charge in [0.1, 0.15) is 0 Å². The summed E-state index contributed by atoms with van der Waals surface area (Å²) in [5, 5.41) is 16.9. The standard InChI is InChI=1S/C20H18N2O5/c23-16(14-6-7-17-19(10-14)26-12-25-17)8-9-21-20(24)15-11-18(27-22-15)13-4-2-1-3-5-13/h1-7,10-11,16,23H,8-9,12H2,(H,21,24)/t16-/m1/s1. The van der Waals surface area contributed by atoms with Crippen LogP contribution in [0.3, 0.4) is 0 Å². The molecule has 27 heavy (non-hydrogen) atoms. The van der Waals surface area contributed by atoms with Crippen LogP contribution in [0.5, 0.6) is 11.5 Å². The van der Waals surface area contributed by atoms with Gasteiger partial charge in [0.2, 0.25) is 6.79 Å². The molecule has 4 rings (SSSR count). The lowest BCUT2D eigenvalue weighted by Gasteiger charge is -2.11. The van der Waals surface area contributed by atoms with Crippen LogP contribution >= 0.6 is 0 Å². The van der Waals surface area contributed by atoms with Crippen molar-refractivity contribution < 1.29 is 23.9 Å². The predicted molar refractivity (Wildman–Crippen MR) is 96.4 cm³/mol. The van der Waals surface area contributed by atoms with Crippen LogP contribution in [0.15, 0.2) is 59.1 Å². The number of rotatable bonds is 6. The molecule has 0 unspecified atom stereocenters. The summed E-state index contributed by atoms with van der Waals surface area (Å²) in [5.41, 5.74) is 1.76. The van der Waals surface area contributed by atoms with Gasteiger partial charge in [-0.3, -0.25) is 4.79 Å². The number of carbonyl (C=O) groups excluding carboxylic acids is 1. The van der Waals surface area contributed by atoms with E-state index in [9.17, 15) is 9.90 Å². The van der Waals surface area contributed by atoms with Crippen LogP contribution in [-0.4, -0.2) is 29.5 Å². The zero-order valence-corrected chi connectivity index (χ0v) is 14.4. The molecule has 0 spiro atoms. The van der Waals surface area contributed by atoms with Crippen molar-refractivity contribution in [2.45, 2.75) is 12.5 Å². The fourth-order valence-electron chi connectivity index (χ4n) is 2.82. The quantitative estimate of drug-likeness (QED) is 0.697. The fraction of sp³-hybridized carbons (Fsp3) is 0.200. The van der Waals surface area contributed by atoms with Crippen LogP contribution in [0, 0.1) is 0 Å². The van der Waals surface area contributed by atoms with E-state index in [4.69, 9.17) is 14.0 Å². The van der Waals surface area contributed by atoms with Gasteiger partial charge >= 0.3 is 0 Å². The smallest absolute Gasteiger partial charge is 0.273 e. The number of hydrogen-bond acceptors (Lipinski definition) is 6. The van der Waals surface area contributed by atoms with E-state index in [2.05, 4.69) is 10.5 Å². The van der Waals surface area contributed by atoms with E-state index in [1.165, 1.54) is 0 Å². The maximum absolute atomic E-state index is 12.2. The Morgan fingerprint density at radius 1 is 1.11 bits per heavy atom. The third-order valence-electron chi connectivity index (χ3n) is 4.29. The van der Waals surface area contributed by atoms with E-state index in [-0.39, 0.29) is 18.4 Å². The van der Waals surface area contributed by atoms with E-state index < -0.39 is 6.10 Å². The Kier molecular flexibility index (Phi) is 4.76. The summed E-state index contributed by atoms with van der Waals surface area (Å²) in [5.74, 6) is 1.46. The summed E-state index contributed by atoms with van der Waals surface area (Å²) in [7, 11) is 0. The van der Waals surface area contributed by atoms with E-state index in [0.29, 0.717) is 35.8 Å². The molecule has 2 aromatic carbocycles. The number of fused-ring (bicyclic) bond motifs is 1. The maximum atomic E-state index is 12.2. The number of hydrogen-bond donors (Lipinski definition) is 2. The van der Waals surface area contributed by atoms with Crippen LogP contribution in [-0.2, 0) is 0 Å². The molecule has 0 aliphatic carbocycles.